The maximum absolute atomic E-state index is 13.1. The number of anilines is 1. The Morgan fingerprint density at radius 2 is 2.00 bits per heavy atom. The Balaban J connectivity index is 1.92. The van der Waals surface area contributed by atoms with Gasteiger partial charge in [-0.1, -0.05) is 6.42 Å². The molecule has 1 N–H and O–H groups in total. The zero-order valence-electron chi connectivity index (χ0n) is 14.6. The normalized spacial score (nSPS) is 15.6. The maximum atomic E-state index is 13.1. The molecule has 1 aliphatic heterocycles. The molecule has 1 aromatic carbocycles. The van der Waals surface area contributed by atoms with Gasteiger partial charge in [-0.25, -0.2) is 8.42 Å². The molecule has 1 fully saturated rings. The molecule has 3 rings (SSSR count). The molecular weight excluding hydrogens is 356 g/mol. The lowest BCUT2D eigenvalue weighted by molar-refractivity contribution is 0.102. The number of nitrogens with one attached hydrogen (secondary N) is 1. The summed E-state index contributed by atoms with van der Waals surface area (Å²) in [6, 6.07) is 6.19. The van der Waals surface area contributed by atoms with Crippen LogP contribution in [0, 0.1) is 0 Å². The highest BCUT2D eigenvalue weighted by Crippen LogP contribution is 2.31. The first-order valence-electron chi connectivity index (χ1n) is 8.63. The fraction of sp³-hybridized carbons (Fsp3) is 0.389. The Kier molecular flexibility index (Phi) is 5.63. The monoisotopic (exact) mass is 378 g/mol. The van der Waals surface area contributed by atoms with E-state index < -0.39 is 10.0 Å². The summed E-state index contributed by atoms with van der Waals surface area (Å²) >= 11 is 0. The Labute approximate surface area is 153 Å². The highest BCUT2D eigenvalue weighted by atomic mass is 32.2. The third-order valence-electron chi connectivity index (χ3n) is 4.22. The molecular formula is C18H22N2O5S. The zero-order chi connectivity index (χ0) is 18.6. The quantitative estimate of drug-likeness (QED) is 0.834. The minimum Gasteiger partial charge on any atom is -0.492 e. The average Bonchev–Trinajstić information content (AvgIpc) is 3.19. The second-order valence-electron chi connectivity index (χ2n) is 6.03. The number of nitrogens with zero attached hydrogens (tertiary/aromatic N) is 1. The van der Waals surface area contributed by atoms with Crippen LogP contribution in [-0.2, 0) is 10.0 Å². The lowest BCUT2D eigenvalue weighted by Gasteiger charge is -2.27. The molecule has 140 valence electrons. The average molecular weight is 378 g/mol. The van der Waals surface area contributed by atoms with Crippen molar-refractivity contribution in [3.8, 4) is 5.75 Å². The molecule has 1 amide bonds. The van der Waals surface area contributed by atoms with Crippen LogP contribution >= 0.6 is 0 Å². The highest BCUT2D eigenvalue weighted by Gasteiger charge is 2.29. The molecule has 0 saturated carbocycles. The number of rotatable bonds is 6. The van der Waals surface area contributed by atoms with Crippen LogP contribution in [0.25, 0.3) is 0 Å². The van der Waals surface area contributed by atoms with E-state index in [1.165, 1.54) is 29.0 Å². The van der Waals surface area contributed by atoms with Crippen LogP contribution in [0.2, 0.25) is 0 Å². The van der Waals surface area contributed by atoms with Crippen LogP contribution in [-0.4, -0.2) is 38.3 Å². The summed E-state index contributed by atoms with van der Waals surface area (Å²) in [5.74, 6) is -0.0800. The van der Waals surface area contributed by atoms with Crippen molar-refractivity contribution in [3.63, 3.8) is 0 Å². The molecule has 0 aliphatic carbocycles. The van der Waals surface area contributed by atoms with E-state index in [1.54, 1.807) is 19.1 Å². The fourth-order valence-corrected chi connectivity index (χ4v) is 4.58. The highest BCUT2D eigenvalue weighted by molar-refractivity contribution is 7.89. The van der Waals surface area contributed by atoms with E-state index in [2.05, 4.69) is 5.32 Å². The predicted octanol–water partition coefficient (Wildman–Crippen LogP) is 3.11. The molecule has 1 aliphatic rings. The second-order valence-corrected chi connectivity index (χ2v) is 7.93. The van der Waals surface area contributed by atoms with Gasteiger partial charge in [-0.2, -0.15) is 4.31 Å². The number of furan rings is 1. The minimum atomic E-state index is -3.69. The topological polar surface area (TPSA) is 88.8 Å². The first-order chi connectivity index (χ1) is 12.5. The van der Waals surface area contributed by atoms with Gasteiger partial charge in [-0.05, 0) is 44.0 Å². The summed E-state index contributed by atoms with van der Waals surface area (Å²) in [5.41, 5.74) is 0.745. The van der Waals surface area contributed by atoms with Gasteiger partial charge in [0.05, 0.1) is 18.4 Å². The summed E-state index contributed by atoms with van der Waals surface area (Å²) < 4.78 is 38.0. The van der Waals surface area contributed by atoms with Crippen molar-refractivity contribution < 1.29 is 22.4 Å². The SMILES string of the molecule is CCOc1ccc(NC(=O)c2ccoc2)cc1S(=O)(=O)N1CCCCC1. The Hall–Kier alpha value is -2.32. The van der Waals surface area contributed by atoms with E-state index in [4.69, 9.17) is 9.15 Å². The Morgan fingerprint density at radius 3 is 2.65 bits per heavy atom. The number of carbonyl (C=O) groups is 1. The van der Waals surface area contributed by atoms with Gasteiger partial charge in [0.15, 0.2) is 0 Å². The first-order valence-corrected chi connectivity index (χ1v) is 10.1. The van der Waals surface area contributed by atoms with Gasteiger partial charge in [-0.3, -0.25) is 4.79 Å². The molecule has 7 nitrogen and oxygen atoms in total. The van der Waals surface area contributed by atoms with Crippen molar-refractivity contribution in [2.45, 2.75) is 31.1 Å². The van der Waals surface area contributed by atoms with Crippen molar-refractivity contribution in [1.82, 2.24) is 4.31 Å². The molecule has 1 saturated heterocycles. The fourth-order valence-electron chi connectivity index (χ4n) is 2.90. The van der Waals surface area contributed by atoms with Gasteiger partial charge in [0.25, 0.3) is 5.91 Å². The third kappa shape index (κ3) is 3.91. The number of hydrogen-bond acceptors (Lipinski definition) is 5. The summed E-state index contributed by atoms with van der Waals surface area (Å²) in [5, 5.41) is 2.69. The molecule has 0 radical (unpaired) electrons. The van der Waals surface area contributed by atoms with E-state index >= 15 is 0 Å². The zero-order valence-corrected chi connectivity index (χ0v) is 15.4. The molecule has 0 bridgehead atoms. The number of piperidine rings is 1. The first kappa shape index (κ1) is 18.5. The van der Waals surface area contributed by atoms with Gasteiger partial charge in [0.1, 0.15) is 16.9 Å². The number of benzene rings is 1. The van der Waals surface area contributed by atoms with Gasteiger partial charge < -0.3 is 14.5 Å². The predicted molar refractivity (Wildman–Crippen MR) is 96.9 cm³/mol. The molecule has 1 aromatic heterocycles. The van der Waals surface area contributed by atoms with E-state index in [0.29, 0.717) is 36.7 Å². The van der Waals surface area contributed by atoms with E-state index in [0.717, 1.165) is 19.3 Å². The lowest BCUT2D eigenvalue weighted by Crippen LogP contribution is -2.35. The van der Waals surface area contributed by atoms with Gasteiger partial charge >= 0.3 is 0 Å². The van der Waals surface area contributed by atoms with Crippen molar-refractivity contribution in [2.75, 3.05) is 25.0 Å². The molecule has 0 atom stereocenters. The number of ether oxygens (including phenoxy) is 1. The maximum Gasteiger partial charge on any atom is 0.258 e. The smallest absolute Gasteiger partial charge is 0.258 e. The van der Waals surface area contributed by atoms with Gasteiger partial charge in [0, 0.05) is 18.8 Å². The van der Waals surface area contributed by atoms with Crippen LogP contribution in [0.3, 0.4) is 0 Å². The largest absolute Gasteiger partial charge is 0.492 e. The molecule has 2 heterocycles. The molecule has 26 heavy (non-hydrogen) atoms. The minimum absolute atomic E-state index is 0.0752. The van der Waals surface area contributed by atoms with Crippen LogP contribution < -0.4 is 10.1 Å². The lowest BCUT2D eigenvalue weighted by atomic mass is 10.2. The number of amides is 1. The van der Waals surface area contributed by atoms with E-state index in [1.807, 2.05) is 0 Å². The van der Waals surface area contributed by atoms with Crippen molar-refractivity contribution >= 4 is 21.6 Å². The summed E-state index contributed by atoms with van der Waals surface area (Å²) in [7, 11) is -3.69. The van der Waals surface area contributed by atoms with Crippen LogP contribution in [0.4, 0.5) is 5.69 Å². The molecule has 0 spiro atoms. The number of carbonyl (C=O) groups excluding carboxylic acids is 1. The third-order valence-corrected chi connectivity index (χ3v) is 6.14. The second kappa shape index (κ2) is 7.92. The van der Waals surface area contributed by atoms with Crippen molar-refractivity contribution in [1.29, 1.82) is 0 Å². The van der Waals surface area contributed by atoms with Crippen LogP contribution in [0.5, 0.6) is 5.75 Å². The molecule has 2 aromatic rings. The summed E-state index contributed by atoms with van der Waals surface area (Å²) in [4.78, 5) is 12.3. The standard InChI is InChI=1S/C18H22N2O5S/c1-2-25-16-7-6-15(19-18(21)14-8-11-24-13-14)12-17(16)26(22,23)20-9-4-3-5-10-20/h6-8,11-13H,2-5,9-10H2,1H3,(H,19,21). The summed E-state index contributed by atoms with van der Waals surface area (Å²) in [6.45, 7) is 3.15. The van der Waals surface area contributed by atoms with E-state index in [9.17, 15) is 13.2 Å². The Bertz CT molecular complexity index is 856. The van der Waals surface area contributed by atoms with Gasteiger partial charge in [0.2, 0.25) is 10.0 Å². The number of hydrogen-bond donors (Lipinski definition) is 1. The molecule has 0 unspecified atom stereocenters. The number of sulfonamides is 1. The van der Waals surface area contributed by atoms with Crippen molar-refractivity contribution in [3.05, 3.63) is 42.4 Å². The Morgan fingerprint density at radius 1 is 1.23 bits per heavy atom. The molecule has 8 heteroatoms. The van der Waals surface area contributed by atoms with Crippen molar-refractivity contribution in [2.24, 2.45) is 0 Å². The van der Waals surface area contributed by atoms with Crippen LogP contribution in [0.15, 0.2) is 46.1 Å². The van der Waals surface area contributed by atoms with E-state index in [-0.39, 0.29) is 10.8 Å². The van der Waals surface area contributed by atoms with Gasteiger partial charge in [-0.15, -0.1) is 0 Å². The van der Waals surface area contributed by atoms with Crippen LogP contribution in [0.1, 0.15) is 36.5 Å². The summed E-state index contributed by atoms with van der Waals surface area (Å²) in [6.07, 6.45) is 5.46.